The Bertz CT molecular complexity index is 1090. The first-order valence-corrected chi connectivity index (χ1v) is 10.9. The highest BCUT2D eigenvalue weighted by molar-refractivity contribution is 5.85. The second-order valence-corrected chi connectivity index (χ2v) is 9.51. The van der Waals surface area contributed by atoms with Gasteiger partial charge in [0.05, 0.1) is 0 Å². The van der Waals surface area contributed by atoms with Gasteiger partial charge in [0.25, 0.3) is 0 Å². The van der Waals surface area contributed by atoms with Crippen LogP contribution in [0.15, 0.2) is 42.5 Å². The first-order chi connectivity index (χ1) is 14.1. The van der Waals surface area contributed by atoms with Crippen LogP contribution < -0.4 is 0 Å². The summed E-state index contributed by atoms with van der Waals surface area (Å²) >= 11 is 0. The predicted molar refractivity (Wildman–Crippen MR) is 113 cm³/mol. The van der Waals surface area contributed by atoms with E-state index in [0.29, 0.717) is 11.7 Å². The van der Waals surface area contributed by atoms with Crippen molar-refractivity contribution in [1.29, 1.82) is 0 Å². The van der Waals surface area contributed by atoms with Crippen LogP contribution in [0.4, 0.5) is 4.39 Å². The van der Waals surface area contributed by atoms with Gasteiger partial charge in [-0.1, -0.05) is 12.1 Å². The van der Waals surface area contributed by atoms with Gasteiger partial charge in [0, 0.05) is 35.1 Å². The SMILES string of the molecule is Oc1cccc([C@]23CCN(CC4CC4)CC2Cc2c([nH]c4ccc(F)cc24)C3)c1. The van der Waals surface area contributed by atoms with Crippen molar-refractivity contribution in [2.24, 2.45) is 11.8 Å². The maximum absolute atomic E-state index is 14.0. The smallest absolute Gasteiger partial charge is 0.123 e. The zero-order valence-electron chi connectivity index (χ0n) is 16.6. The number of likely N-dealkylation sites (tertiary alicyclic amines) is 1. The minimum absolute atomic E-state index is 0.0329. The molecule has 2 aliphatic carbocycles. The minimum Gasteiger partial charge on any atom is -0.508 e. The van der Waals surface area contributed by atoms with E-state index in [4.69, 9.17) is 0 Å². The molecule has 0 amide bonds. The summed E-state index contributed by atoms with van der Waals surface area (Å²) in [5.41, 5.74) is 4.87. The Labute approximate surface area is 170 Å². The summed E-state index contributed by atoms with van der Waals surface area (Å²) in [6.07, 6.45) is 5.77. The first-order valence-electron chi connectivity index (χ1n) is 10.9. The molecule has 4 heteroatoms. The molecule has 3 aromatic rings. The van der Waals surface area contributed by atoms with Gasteiger partial charge >= 0.3 is 0 Å². The molecule has 2 fully saturated rings. The number of hydrogen-bond acceptors (Lipinski definition) is 2. The Morgan fingerprint density at radius 1 is 1.17 bits per heavy atom. The first kappa shape index (κ1) is 17.5. The van der Waals surface area contributed by atoms with Crippen LogP contribution in [0.2, 0.25) is 0 Å². The number of aromatic nitrogens is 1. The lowest BCUT2D eigenvalue weighted by Crippen LogP contribution is -2.54. The Morgan fingerprint density at radius 3 is 2.90 bits per heavy atom. The molecule has 1 aromatic heterocycles. The number of phenolic OH excluding ortho intramolecular Hbond substituents is 1. The van der Waals surface area contributed by atoms with E-state index in [1.807, 2.05) is 18.2 Å². The molecular weight excluding hydrogens is 363 g/mol. The fourth-order valence-electron chi connectivity index (χ4n) is 5.98. The molecular formula is C25H27FN2O. The van der Waals surface area contributed by atoms with E-state index in [1.54, 1.807) is 18.2 Å². The van der Waals surface area contributed by atoms with Crippen molar-refractivity contribution in [3.8, 4) is 5.75 Å². The van der Waals surface area contributed by atoms with Crippen molar-refractivity contribution in [2.45, 2.75) is 37.5 Å². The lowest BCUT2D eigenvalue weighted by atomic mass is 9.58. The van der Waals surface area contributed by atoms with Crippen LogP contribution in [0.25, 0.3) is 10.9 Å². The molecule has 1 unspecified atom stereocenters. The zero-order chi connectivity index (χ0) is 19.6. The number of piperidine rings is 1. The second-order valence-electron chi connectivity index (χ2n) is 9.51. The molecule has 1 aliphatic heterocycles. The molecule has 150 valence electrons. The second kappa shape index (κ2) is 6.33. The third-order valence-corrected chi connectivity index (χ3v) is 7.67. The lowest BCUT2D eigenvalue weighted by Gasteiger charge is -2.51. The van der Waals surface area contributed by atoms with E-state index in [2.05, 4.69) is 16.0 Å². The van der Waals surface area contributed by atoms with Crippen molar-refractivity contribution < 1.29 is 9.50 Å². The number of nitrogens with one attached hydrogen (secondary N) is 1. The van der Waals surface area contributed by atoms with E-state index in [-0.39, 0.29) is 11.2 Å². The van der Waals surface area contributed by atoms with Crippen LogP contribution in [0, 0.1) is 17.7 Å². The number of aromatic hydroxyl groups is 1. The van der Waals surface area contributed by atoms with Crippen molar-refractivity contribution in [3.63, 3.8) is 0 Å². The third-order valence-electron chi connectivity index (χ3n) is 7.67. The Morgan fingerprint density at radius 2 is 2.07 bits per heavy atom. The molecule has 1 saturated carbocycles. The highest BCUT2D eigenvalue weighted by Crippen LogP contribution is 2.50. The van der Waals surface area contributed by atoms with Crippen molar-refractivity contribution >= 4 is 10.9 Å². The number of nitrogens with zero attached hydrogens (tertiary/aromatic N) is 1. The van der Waals surface area contributed by atoms with Crippen molar-refractivity contribution in [3.05, 3.63) is 65.1 Å². The van der Waals surface area contributed by atoms with Crippen LogP contribution in [0.5, 0.6) is 5.75 Å². The molecule has 0 radical (unpaired) electrons. The van der Waals surface area contributed by atoms with Gasteiger partial charge in [-0.15, -0.1) is 0 Å². The maximum atomic E-state index is 14.0. The molecule has 2 heterocycles. The quantitative estimate of drug-likeness (QED) is 0.675. The van der Waals surface area contributed by atoms with Crippen LogP contribution in [0.1, 0.15) is 36.1 Å². The summed E-state index contributed by atoms with van der Waals surface area (Å²) in [6, 6.07) is 13.0. The number of phenols is 1. The standard InChI is InChI=1S/C25H27FN2O/c26-19-6-7-23-22(12-19)21-11-18-15-28(14-16-4-5-16)9-8-25(18,13-24(21)27-23)17-2-1-3-20(29)10-17/h1-3,6-7,10,12,16,18,27,29H,4-5,8-9,11,13-15H2/t18?,25-/m1/s1. The third kappa shape index (κ3) is 2.88. The number of H-pyrrole nitrogens is 1. The molecule has 29 heavy (non-hydrogen) atoms. The molecule has 2 aromatic carbocycles. The van der Waals surface area contributed by atoms with E-state index in [9.17, 15) is 9.50 Å². The normalized spacial score (nSPS) is 27.0. The monoisotopic (exact) mass is 390 g/mol. The summed E-state index contributed by atoms with van der Waals surface area (Å²) < 4.78 is 14.0. The minimum atomic E-state index is -0.164. The van der Waals surface area contributed by atoms with Gasteiger partial charge in [0.2, 0.25) is 0 Å². The molecule has 1 saturated heterocycles. The highest BCUT2D eigenvalue weighted by atomic mass is 19.1. The van der Waals surface area contributed by atoms with Gasteiger partial charge in [0.15, 0.2) is 0 Å². The van der Waals surface area contributed by atoms with Gasteiger partial charge in [-0.05, 0) is 91.9 Å². The Kier molecular flexibility index (Phi) is 3.83. The number of benzene rings is 2. The molecule has 2 atom stereocenters. The summed E-state index contributed by atoms with van der Waals surface area (Å²) in [7, 11) is 0. The molecule has 0 bridgehead atoms. The highest BCUT2D eigenvalue weighted by Gasteiger charge is 2.48. The number of aromatic amines is 1. The van der Waals surface area contributed by atoms with Crippen LogP contribution in [-0.4, -0.2) is 34.6 Å². The topological polar surface area (TPSA) is 39.3 Å². The van der Waals surface area contributed by atoms with Crippen LogP contribution in [-0.2, 0) is 18.3 Å². The average Bonchev–Trinajstić information content (AvgIpc) is 3.46. The Hall–Kier alpha value is -2.33. The molecule has 3 aliphatic rings. The number of fused-ring (bicyclic) bond motifs is 4. The van der Waals surface area contributed by atoms with Gasteiger partial charge in [-0.25, -0.2) is 4.39 Å². The molecule has 0 spiro atoms. The zero-order valence-corrected chi connectivity index (χ0v) is 16.6. The van der Waals surface area contributed by atoms with Crippen LogP contribution in [0.3, 0.4) is 0 Å². The summed E-state index contributed by atoms with van der Waals surface area (Å²) in [4.78, 5) is 6.25. The molecule has 2 N–H and O–H groups in total. The summed E-state index contributed by atoms with van der Waals surface area (Å²) in [5, 5.41) is 11.2. The number of halogens is 1. The number of rotatable bonds is 3. The molecule has 6 rings (SSSR count). The van der Waals surface area contributed by atoms with Gasteiger partial charge < -0.3 is 15.0 Å². The van der Waals surface area contributed by atoms with E-state index in [0.717, 1.165) is 49.2 Å². The van der Waals surface area contributed by atoms with E-state index in [1.165, 1.54) is 36.2 Å². The lowest BCUT2D eigenvalue weighted by molar-refractivity contribution is 0.0783. The van der Waals surface area contributed by atoms with Gasteiger partial charge in [-0.2, -0.15) is 0 Å². The molecule has 3 nitrogen and oxygen atoms in total. The fraction of sp³-hybridized carbons (Fsp3) is 0.440. The predicted octanol–water partition coefficient (Wildman–Crippen LogP) is 4.78. The number of hydrogen-bond donors (Lipinski definition) is 2. The maximum Gasteiger partial charge on any atom is 0.123 e. The van der Waals surface area contributed by atoms with Gasteiger partial charge in [-0.3, -0.25) is 0 Å². The Balaban J connectivity index is 1.45. The average molecular weight is 391 g/mol. The van der Waals surface area contributed by atoms with Crippen LogP contribution >= 0.6 is 0 Å². The van der Waals surface area contributed by atoms with Crippen molar-refractivity contribution in [2.75, 3.05) is 19.6 Å². The van der Waals surface area contributed by atoms with Gasteiger partial charge in [0.1, 0.15) is 11.6 Å². The van der Waals surface area contributed by atoms with E-state index >= 15 is 0 Å². The summed E-state index contributed by atoms with van der Waals surface area (Å²) in [5.74, 6) is 1.56. The fourth-order valence-corrected chi connectivity index (χ4v) is 5.98. The largest absolute Gasteiger partial charge is 0.508 e. The van der Waals surface area contributed by atoms with Crippen molar-refractivity contribution in [1.82, 2.24) is 9.88 Å². The summed E-state index contributed by atoms with van der Waals surface area (Å²) in [6.45, 7) is 3.43. The van der Waals surface area contributed by atoms with E-state index < -0.39 is 0 Å².